The number of carbonyl (C=O) groups excluding carboxylic acids is 2. The molecule has 0 saturated heterocycles. The highest BCUT2D eigenvalue weighted by molar-refractivity contribution is 6.32. The van der Waals surface area contributed by atoms with Gasteiger partial charge in [0, 0.05) is 60.6 Å². The molecule has 2 N–H and O–H groups in total. The van der Waals surface area contributed by atoms with Crippen molar-refractivity contribution in [3.05, 3.63) is 52.4 Å². The summed E-state index contributed by atoms with van der Waals surface area (Å²) in [7, 11) is 2.96. The summed E-state index contributed by atoms with van der Waals surface area (Å²) in [5.41, 5.74) is 3.22. The molecule has 0 atom stereocenters. The molecule has 3 aromatic rings. The highest BCUT2D eigenvalue weighted by Gasteiger charge is 2.24. The van der Waals surface area contributed by atoms with E-state index in [0.29, 0.717) is 41.7 Å². The molecule has 1 aromatic heterocycles. The maximum Gasteiger partial charge on any atom is 0.224 e. The van der Waals surface area contributed by atoms with Crippen molar-refractivity contribution in [2.45, 2.75) is 25.8 Å². The van der Waals surface area contributed by atoms with Crippen LogP contribution in [0, 0.1) is 5.82 Å². The topological polar surface area (TPSA) is 83.7 Å². The number of carbonyl (C=O) groups is 2. The summed E-state index contributed by atoms with van der Waals surface area (Å²) in [6.45, 7) is 0.936. The maximum absolute atomic E-state index is 13.7. The lowest BCUT2D eigenvalue weighted by Crippen LogP contribution is -2.36. The minimum absolute atomic E-state index is 0.0114. The fraction of sp³-hybridized carbons (Fsp3) is 0.304. The van der Waals surface area contributed by atoms with Gasteiger partial charge in [-0.1, -0.05) is 11.6 Å². The summed E-state index contributed by atoms with van der Waals surface area (Å²) < 4.78 is 24.1. The Morgan fingerprint density at radius 1 is 1.16 bits per heavy atom. The molecular formula is C23H23ClFN3O4. The lowest BCUT2D eigenvalue weighted by Gasteiger charge is -2.27. The van der Waals surface area contributed by atoms with Crippen molar-refractivity contribution in [2.75, 3.05) is 26.1 Å². The zero-order valence-electron chi connectivity index (χ0n) is 17.8. The van der Waals surface area contributed by atoms with E-state index in [1.807, 2.05) is 0 Å². The number of halogens is 2. The second kappa shape index (κ2) is 9.08. The van der Waals surface area contributed by atoms with Crippen LogP contribution in [0.3, 0.4) is 0 Å². The monoisotopic (exact) mass is 459 g/mol. The van der Waals surface area contributed by atoms with Crippen LogP contribution >= 0.6 is 11.6 Å². The Kier molecular flexibility index (Phi) is 6.23. The van der Waals surface area contributed by atoms with Crippen molar-refractivity contribution in [1.82, 2.24) is 9.88 Å². The van der Waals surface area contributed by atoms with Gasteiger partial charge in [-0.15, -0.1) is 0 Å². The number of amides is 2. The van der Waals surface area contributed by atoms with Gasteiger partial charge in [0.2, 0.25) is 11.8 Å². The standard InChI is InChI=1S/C23H23ClFN3O4/c1-31-20-11-21(32-2)19(10-16(20)24)27-22(29)5-6-23(30)28-8-7-18-15(12-28)14-9-13(25)3-4-17(14)26-18/h3-4,9-11,26H,5-8,12H2,1-2H3,(H,27,29). The molecule has 1 aliphatic rings. The zero-order chi connectivity index (χ0) is 22.8. The van der Waals surface area contributed by atoms with Gasteiger partial charge in [0.05, 0.1) is 24.9 Å². The molecule has 9 heteroatoms. The van der Waals surface area contributed by atoms with Crippen molar-refractivity contribution < 1.29 is 23.5 Å². The highest BCUT2D eigenvalue weighted by atomic mass is 35.5. The Bertz CT molecular complexity index is 1190. The minimum atomic E-state index is -0.329. The lowest BCUT2D eigenvalue weighted by atomic mass is 10.0. The van der Waals surface area contributed by atoms with Gasteiger partial charge in [-0.2, -0.15) is 0 Å². The van der Waals surface area contributed by atoms with Crippen molar-refractivity contribution >= 4 is 40.0 Å². The van der Waals surface area contributed by atoms with E-state index in [0.717, 1.165) is 22.2 Å². The van der Waals surface area contributed by atoms with Gasteiger partial charge >= 0.3 is 0 Å². The van der Waals surface area contributed by atoms with E-state index in [4.69, 9.17) is 21.1 Å². The van der Waals surface area contributed by atoms with Crippen LogP contribution < -0.4 is 14.8 Å². The average Bonchev–Trinajstić information content (AvgIpc) is 3.14. The van der Waals surface area contributed by atoms with E-state index in [9.17, 15) is 14.0 Å². The number of nitrogens with one attached hydrogen (secondary N) is 2. The van der Waals surface area contributed by atoms with Crippen LogP contribution in [0.5, 0.6) is 11.5 Å². The van der Waals surface area contributed by atoms with E-state index in [2.05, 4.69) is 10.3 Å². The summed E-state index contributed by atoms with van der Waals surface area (Å²) in [6, 6.07) is 7.73. The number of hydrogen-bond donors (Lipinski definition) is 2. The van der Waals surface area contributed by atoms with Gasteiger partial charge in [-0.25, -0.2) is 4.39 Å². The third-order valence-corrected chi connectivity index (χ3v) is 5.90. The molecule has 4 rings (SSSR count). The molecule has 0 bridgehead atoms. The smallest absolute Gasteiger partial charge is 0.224 e. The number of aromatic nitrogens is 1. The molecule has 0 radical (unpaired) electrons. The summed E-state index contributed by atoms with van der Waals surface area (Å²) in [6.07, 6.45) is 0.729. The van der Waals surface area contributed by atoms with E-state index < -0.39 is 0 Å². The first-order valence-electron chi connectivity index (χ1n) is 10.2. The van der Waals surface area contributed by atoms with Crippen LogP contribution in [0.15, 0.2) is 30.3 Å². The van der Waals surface area contributed by atoms with E-state index in [1.165, 1.54) is 26.4 Å². The Hall–Kier alpha value is -3.26. The molecule has 7 nitrogen and oxygen atoms in total. The largest absolute Gasteiger partial charge is 0.495 e. The molecule has 0 aliphatic carbocycles. The molecule has 0 fully saturated rings. The number of aromatic amines is 1. The van der Waals surface area contributed by atoms with Gasteiger partial charge in [0.1, 0.15) is 17.3 Å². The van der Waals surface area contributed by atoms with Gasteiger partial charge in [-0.3, -0.25) is 9.59 Å². The van der Waals surface area contributed by atoms with E-state index in [-0.39, 0.29) is 30.5 Å². The van der Waals surface area contributed by atoms with Crippen LogP contribution in [-0.2, 0) is 22.6 Å². The molecule has 0 unspecified atom stereocenters. The first-order valence-corrected chi connectivity index (χ1v) is 10.6. The average molecular weight is 460 g/mol. The quantitative estimate of drug-likeness (QED) is 0.576. The zero-order valence-corrected chi connectivity index (χ0v) is 18.5. The lowest BCUT2D eigenvalue weighted by molar-refractivity contribution is -0.133. The van der Waals surface area contributed by atoms with Gasteiger partial charge < -0.3 is 24.7 Å². The Labute approximate surface area is 189 Å². The van der Waals surface area contributed by atoms with Gasteiger partial charge in [-0.05, 0) is 24.3 Å². The summed E-state index contributed by atoms with van der Waals surface area (Å²) in [5, 5.41) is 3.86. The van der Waals surface area contributed by atoms with Crippen LogP contribution in [-0.4, -0.2) is 42.5 Å². The van der Waals surface area contributed by atoms with E-state index in [1.54, 1.807) is 23.1 Å². The second-order valence-electron chi connectivity index (χ2n) is 7.57. The predicted octanol–water partition coefficient (Wildman–Crippen LogP) is 4.28. The van der Waals surface area contributed by atoms with Crippen LogP contribution in [0.2, 0.25) is 5.02 Å². The number of rotatable bonds is 6. The maximum atomic E-state index is 13.7. The van der Waals surface area contributed by atoms with Crippen molar-refractivity contribution in [3.8, 4) is 11.5 Å². The highest BCUT2D eigenvalue weighted by Crippen LogP contribution is 2.36. The Morgan fingerprint density at radius 2 is 1.94 bits per heavy atom. The number of ether oxygens (including phenoxy) is 2. The van der Waals surface area contributed by atoms with Crippen molar-refractivity contribution in [2.24, 2.45) is 0 Å². The molecule has 2 heterocycles. The van der Waals surface area contributed by atoms with Crippen molar-refractivity contribution in [1.29, 1.82) is 0 Å². The number of methoxy groups -OCH3 is 2. The number of H-pyrrole nitrogens is 1. The third kappa shape index (κ3) is 4.36. The molecular weight excluding hydrogens is 437 g/mol. The number of benzene rings is 2. The summed E-state index contributed by atoms with van der Waals surface area (Å²) >= 11 is 6.14. The molecule has 32 heavy (non-hydrogen) atoms. The minimum Gasteiger partial charge on any atom is -0.495 e. The van der Waals surface area contributed by atoms with Crippen LogP contribution in [0.4, 0.5) is 10.1 Å². The number of fused-ring (bicyclic) bond motifs is 3. The molecule has 2 aromatic carbocycles. The summed E-state index contributed by atoms with van der Waals surface area (Å²) in [4.78, 5) is 30.2. The normalized spacial score (nSPS) is 13.1. The fourth-order valence-electron chi connectivity index (χ4n) is 3.95. The Morgan fingerprint density at radius 3 is 2.69 bits per heavy atom. The SMILES string of the molecule is COc1cc(OC)c(NC(=O)CCC(=O)N2CCc3[nH]c4ccc(F)cc4c3C2)cc1Cl. The Balaban J connectivity index is 1.38. The number of hydrogen-bond acceptors (Lipinski definition) is 4. The second-order valence-corrected chi connectivity index (χ2v) is 7.98. The van der Waals surface area contributed by atoms with Crippen molar-refractivity contribution in [3.63, 3.8) is 0 Å². The molecule has 0 saturated carbocycles. The van der Waals surface area contributed by atoms with Gasteiger partial charge in [0.15, 0.2) is 0 Å². The first-order chi connectivity index (χ1) is 15.4. The van der Waals surface area contributed by atoms with E-state index >= 15 is 0 Å². The number of anilines is 1. The van der Waals surface area contributed by atoms with Crippen LogP contribution in [0.25, 0.3) is 10.9 Å². The number of nitrogens with zero attached hydrogens (tertiary/aromatic N) is 1. The molecule has 168 valence electrons. The fourth-order valence-corrected chi connectivity index (χ4v) is 4.19. The van der Waals surface area contributed by atoms with Crippen LogP contribution in [0.1, 0.15) is 24.1 Å². The predicted molar refractivity (Wildman–Crippen MR) is 120 cm³/mol. The summed E-state index contributed by atoms with van der Waals surface area (Å²) in [5.74, 6) is 0.0638. The third-order valence-electron chi connectivity index (χ3n) is 5.60. The van der Waals surface area contributed by atoms with Gasteiger partial charge in [0.25, 0.3) is 0 Å². The molecule has 2 amide bonds. The molecule has 0 spiro atoms. The first kappa shape index (κ1) is 22.0. The molecule has 1 aliphatic heterocycles.